The average Bonchev–Trinajstić information content (AvgIpc) is 3.13. The van der Waals surface area contributed by atoms with E-state index in [2.05, 4.69) is 5.32 Å². The zero-order valence-corrected chi connectivity index (χ0v) is 16.6. The molecule has 1 saturated heterocycles. The number of nitrogens with zero attached hydrogens (tertiary/aromatic N) is 1. The van der Waals surface area contributed by atoms with Crippen LogP contribution < -0.4 is 15.0 Å². The Morgan fingerprint density at radius 2 is 1.57 bits per heavy atom. The van der Waals surface area contributed by atoms with Crippen LogP contribution in [0.5, 0.6) is 11.5 Å². The zero-order valence-electron chi connectivity index (χ0n) is 15.8. The molecule has 1 aliphatic heterocycles. The van der Waals surface area contributed by atoms with E-state index in [0.29, 0.717) is 27.9 Å². The second-order valence-corrected chi connectivity index (χ2v) is 7.39. The summed E-state index contributed by atoms with van der Waals surface area (Å²) in [5.74, 6) is 0.0268. The Balaban J connectivity index is 1.36. The van der Waals surface area contributed by atoms with Crippen molar-refractivity contribution in [3.63, 3.8) is 0 Å². The fourth-order valence-electron chi connectivity index (χ4n) is 3.24. The summed E-state index contributed by atoms with van der Waals surface area (Å²) in [7, 11) is 0. The highest BCUT2D eigenvalue weighted by atomic mass is 35.5. The van der Waals surface area contributed by atoms with Crippen LogP contribution in [0, 0.1) is 11.7 Å². The summed E-state index contributed by atoms with van der Waals surface area (Å²) in [5, 5.41) is 3.46. The van der Waals surface area contributed by atoms with Crippen molar-refractivity contribution < 1.29 is 18.7 Å². The van der Waals surface area contributed by atoms with Gasteiger partial charge in [0.15, 0.2) is 0 Å². The highest BCUT2D eigenvalue weighted by molar-refractivity contribution is 6.30. The SMILES string of the molecule is O=C(Nc1ccc(Oc2ccc(Cl)cc2)cc1)[C@@H]1CC(=O)N(c2ccc(F)cc2)C1. The van der Waals surface area contributed by atoms with Gasteiger partial charge in [0, 0.05) is 29.4 Å². The summed E-state index contributed by atoms with van der Waals surface area (Å²) in [6.45, 7) is 0.258. The van der Waals surface area contributed by atoms with Crippen LogP contribution in [0.3, 0.4) is 0 Å². The Morgan fingerprint density at radius 3 is 2.20 bits per heavy atom. The molecule has 2 amide bonds. The van der Waals surface area contributed by atoms with Crippen molar-refractivity contribution in [1.82, 2.24) is 0 Å². The molecule has 30 heavy (non-hydrogen) atoms. The standard InChI is InChI=1S/C23H18ClFN2O3/c24-16-1-9-20(10-2-16)30-21-11-5-18(6-12-21)26-23(29)15-13-22(28)27(14-15)19-7-3-17(25)4-8-19/h1-12,15H,13-14H2,(H,26,29)/t15-/m1/s1. The van der Waals surface area contributed by atoms with Gasteiger partial charge in [0.2, 0.25) is 11.8 Å². The van der Waals surface area contributed by atoms with Gasteiger partial charge in [0.1, 0.15) is 17.3 Å². The van der Waals surface area contributed by atoms with Crippen LogP contribution in [0.25, 0.3) is 0 Å². The highest BCUT2D eigenvalue weighted by Gasteiger charge is 2.35. The van der Waals surface area contributed by atoms with Crippen LogP contribution in [0.2, 0.25) is 5.02 Å². The van der Waals surface area contributed by atoms with Crippen LogP contribution in [-0.2, 0) is 9.59 Å². The number of hydrogen-bond donors (Lipinski definition) is 1. The molecule has 7 heteroatoms. The fraction of sp³-hybridized carbons (Fsp3) is 0.130. The van der Waals surface area contributed by atoms with Crippen LogP contribution in [0.15, 0.2) is 72.8 Å². The lowest BCUT2D eigenvalue weighted by Crippen LogP contribution is -2.28. The third-order valence-corrected chi connectivity index (χ3v) is 5.06. The van der Waals surface area contributed by atoms with Gasteiger partial charge in [0.05, 0.1) is 5.92 Å². The molecule has 1 fully saturated rings. The van der Waals surface area contributed by atoms with Gasteiger partial charge in [-0.15, -0.1) is 0 Å². The lowest BCUT2D eigenvalue weighted by atomic mass is 10.1. The minimum Gasteiger partial charge on any atom is -0.457 e. The van der Waals surface area contributed by atoms with Gasteiger partial charge in [-0.1, -0.05) is 11.6 Å². The van der Waals surface area contributed by atoms with E-state index < -0.39 is 5.92 Å². The Kier molecular flexibility index (Phi) is 5.68. The highest BCUT2D eigenvalue weighted by Crippen LogP contribution is 2.27. The molecule has 0 aliphatic carbocycles. The maximum Gasteiger partial charge on any atom is 0.229 e. The minimum absolute atomic E-state index is 0.112. The van der Waals surface area contributed by atoms with Gasteiger partial charge in [-0.25, -0.2) is 4.39 Å². The summed E-state index contributed by atoms with van der Waals surface area (Å²) >= 11 is 5.86. The smallest absolute Gasteiger partial charge is 0.229 e. The van der Waals surface area contributed by atoms with Crippen molar-refractivity contribution in [2.24, 2.45) is 5.92 Å². The Labute approximate surface area is 178 Å². The zero-order chi connectivity index (χ0) is 21.1. The van der Waals surface area contributed by atoms with Crippen molar-refractivity contribution in [1.29, 1.82) is 0 Å². The quantitative estimate of drug-likeness (QED) is 0.607. The number of carbonyl (C=O) groups is 2. The summed E-state index contributed by atoms with van der Waals surface area (Å²) < 4.78 is 18.8. The number of benzene rings is 3. The molecule has 0 saturated carbocycles. The summed E-state index contributed by atoms with van der Waals surface area (Å²) in [5.41, 5.74) is 1.19. The second-order valence-electron chi connectivity index (χ2n) is 6.95. The molecule has 3 aromatic rings. The van der Waals surface area contributed by atoms with Gasteiger partial charge in [-0.2, -0.15) is 0 Å². The summed E-state index contributed by atoms with van der Waals surface area (Å²) in [6.07, 6.45) is 0.112. The van der Waals surface area contributed by atoms with E-state index in [0.717, 1.165) is 0 Å². The van der Waals surface area contributed by atoms with Crippen LogP contribution in [0.4, 0.5) is 15.8 Å². The first-order valence-corrected chi connectivity index (χ1v) is 9.76. The number of halogens is 2. The molecule has 0 spiro atoms. The normalized spacial score (nSPS) is 15.9. The molecule has 1 atom stereocenters. The number of nitrogens with one attached hydrogen (secondary N) is 1. The molecular weight excluding hydrogens is 407 g/mol. The van der Waals surface area contributed by atoms with Crippen LogP contribution in [-0.4, -0.2) is 18.4 Å². The van der Waals surface area contributed by atoms with Gasteiger partial charge in [-0.3, -0.25) is 9.59 Å². The average molecular weight is 425 g/mol. The maximum absolute atomic E-state index is 13.1. The monoisotopic (exact) mass is 424 g/mol. The van der Waals surface area contributed by atoms with Gasteiger partial charge in [0.25, 0.3) is 0 Å². The topological polar surface area (TPSA) is 58.6 Å². The van der Waals surface area contributed by atoms with Crippen LogP contribution >= 0.6 is 11.6 Å². The molecule has 1 heterocycles. The number of amides is 2. The number of rotatable bonds is 5. The van der Waals surface area contributed by atoms with Gasteiger partial charge in [-0.05, 0) is 72.8 Å². The maximum atomic E-state index is 13.1. The first-order chi connectivity index (χ1) is 14.5. The third kappa shape index (κ3) is 4.60. The number of carbonyl (C=O) groups excluding carboxylic acids is 2. The number of hydrogen-bond acceptors (Lipinski definition) is 3. The molecular formula is C23H18ClFN2O3. The van der Waals surface area contributed by atoms with Crippen molar-refractivity contribution >= 4 is 34.8 Å². The fourth-order valence-corrected chi connectivity index (χ4v) is 3.37. The van der Waals surface area contributed by atoms with Crippen molar-refractivity contribution in [3.8, 4) is 11.5 Å². The predicted octanol–water partition coefficient (Wildman–Crippen LogP) is 5.26. The van der Waals surface area contributed by atoms with Crippen molar-refractivity contribution in [3.05, 3.63) is 83.6 Å². The molecule has 1 aliphatic rings. The van der Waals surface area contributed by atoms with E-state index in [4.69, 9.17) is 16.3 Å². The summed E-state index contributed by atoms with van der Waals surface area (Å²) in [4.78, 5) is 26.4. The predicted molar refractivity (Wildman–Crippen MR) is 113 cm³/mol. The first kappa shape index (κ1) is 19.9. The lowest BCUT2D eigenvalue weighted by molar-refractivity contribution is -0.122. The number of anilines is 2. The Hall–Kier alpha value is -3.38. The molecule has 0 bridgehead atoms. The molecule has 4 rings (SSSR count). The molecule has 5 nitrogen and oxygen atoms in total. The van der Waals surface area contributed by atoms with Gasteiger partial charge < -0.3 is 15.0 Å². The van der Waals surface area contributed by atoms with E-state index in [-0.39, 0.29) is 30.6 Å². The van der Waals surface area contributed by atoms with Gasteiger partial charge >= 0.3 is 0 Å². The van der Waals surface area contributed by atoms with Crippen LogP contribution in [0.1, 0.15) is 6.42 Å². The minimum atomic E-state index is -0.479. The molecule has 1 N–H and O–H groups in total. The molecule has 0 radical (unpaired) electrons. The van der Waals surface area contributed by atoms with Crippen molar-refractivity contribution in [2.75, 3.05) is 16.8 Å². The molecule has 0 unspecified atom stereocenters. The first-order valence-electron chi connectivity index (χ1n) is 9.38. The Bertz CT molecular complexity index is 1050. The number of ether oxygens (including phenoxy) is 1. The van der Waals surface area contributed by atoms with E-state index >= 15 is 0 Å². The molecule has 0 aromatic heterocycles. The van der Waals surface area contributed by atoms with E-state index in [1.54, 1.807) is 48.5 Å². The van der Waals surface area contributed by atoms with E-state index in [1.807, 2.05) is 0 Å². The molecule has 152 valence electrons. The lowest BCUT2D eigenvalue weighted by Gasteiger charge is -2.16. The largest absolute Gasteiger partial charge is 0.457 e. The van der Waals surface area contributed by atoms with E-state index in [9.17, 15) is 14.0 Å². The summed E-state index contributed by atoms with van der Waals surface area (Å²) in [6, 6.07) is 19.6. The second kappa shape index (κ2) is 8.55. The molecule has 3 aromatic carbocycles. The third-order valence-electron chi connectivity index (χ3n) is 4.81. The van der Waals surface area contributed by atoms with Crippen molar-refractivity contribution in [2.45, 2.75) is 6.42 Å². The van der Waals surface area contributed by atoms with E-state index in [1.165, 1.54) is 29.2 Å². The Morgan fingerprint density at radius 1 is 0.967 bits per heavy atom.